The minimum atomic E-state index is -0.208. The lowest BCUT2D eigenvalue weighted by Gasteiger charge is -2.14. The Morgan fingerprint density at radius 1 is 1.48 bits per heavy atom. The van der Waals surface area contributed by atoms with Crippen LogP contribution in [0.5, 0.6) is 11.5 Å². The summed E-state index contributed by atoms with van der Waals surface area (Å²) in [5, 5.41) is 2.73. The number of methoxy groups -OCH3 is 1. The number of benzene rings is 1. The third-order valence-corrected chi connectivity index (χ3v) is 2.73. The van der Waals surface area contributed by atoms with E-state index >= 15 is 0 Å². The number of amides is 1. The maximum atomic E-state index is 11.6. The number of allylic oxidation sites excluding steroid dienone is 1. The second-order valence-corrected chi connectivity index (χ2v) is 4.47. The van der Waals surface area contributed by atoms with E-state index in [-0.39, 0.29) is 31.0 Å². The zero-order valence-corrected chi connectivity index (χ0v) is 13.2. The Bertz CT molecular complexity index is 466. The molecule has 0 radical (unpaired) electrons. The van der Waals surface area contributed by atoms with E-state index in [1.54, 1.807) is 13.2 Å². The maximum Gasteiger partial charge on any atom is 0.258 e. The second-order valence-electron chi connectivity index (χ2n) is 4.47. The lowest BCUT2D eigenvalue weighted by molar-refractivity contribution is -0.123. The fourth-order valence-electron chi connectivity index (χ4n) is 1.64. The molecular formula is C15H23ClN2O3. The Kier molecular flexibility index (Phi) is 9.25. The van der Waals surface area contributed by atoms with Gasteiger partial charge in [-0.15, -0.1) is 19.0 Å². The first-order chi connectivity index (χ1) is 9.60. The normalized spacial score (nSPS) is 11.0. The van der Waals surface area contributed by atoms with E-state index in [4.69, 9.17) is 15.2 Å². The molecule has 0 fully saturated rings. The van der Waals surface area contributed by atoms with Gasteiger partial charge in [-0.2, -0.15) is 0 Å². The van der Waals surface area contributed by atoms with Crippen molar-refractivity contribution in [1.29, 1.82) is 0 Å². The SMILES string of the molecule is C=CCc1ccc(OCC(=O)N[C@@H](C)CN)c(OC)c1.Cl. The van der Waals surface area contributed by atoms with Gasteiger partial charge in [0.25, 0.3) is 5.91 Å². The van der Waals surface area contributed by atoms with Crippen molar-refractivity contribution in [3.05, 3.63) is 36.4 Å². The van der Waals surface area contributed by atoms with Crippen molar-refractivity contribution in [1.82, 2.24) is 5.32 Å². The van der Waals surface area contributed by atoms with Gasteiger partial charge in [-0.1, -0.05) is 12.1 Å². The third kappa shape index (κ3) is 6.51. The average Bonchev–Trinajstić information content (AvgIpc) is 2.45. The predicted molar refractivity (Wildman–Crippen MR) is 86.3 cm³/mol. The smallest absolute Gasteiger partial charge is 0.258 e. The molecule has 0 aliphatic carbocycles. The van der Waals surface area contributed by atoms with E-state index in [0.29, 0.717) is 18.0 Å². The molecule has 1 aromatic rings. The number of ether oxygens (including phenoxy) is 2. The minimum absolute atomic E-state index is 0. The highest BCUT2D eigenvalue weighted by Gasteiger charge is 2.10. The summed E-state index contributed by atoms with van der Waals surface area (Å²) in [6.07, 6.45) is 2.57. The van der Waals surface area contributed by atoms with Crippen molar-refractivity contribution in [2.45, 2.75) is 19.4 Å². The van der Waals surface area contributed by atoms with Gasteiger partial charge in [0.2, 0.25) is 0 Å². The minimum Gasteiger partial charge on any atom is -0.493 e. The molecule has 21 heavy (non-hydrogen) atoms. The number of carbonyl (C=O) groups excluding carboxylic acids is 1. The van der Waals surface area contributed by atoms with Crippen molar-refractivity contribution in [2.75, 3.05) is 20.3 Å². The Balaban J connectivity index is 0.00000400. The first kappa shape index (κ1) is 19.3. The maximum absolute atomic E-state index is 11.6. The molecule has 0 heterocycles. The molecule has 1 atom stereocenters. The van der Waals surface area contributed by atoms with Crippen LogP contribution in [0.25, 0.3) is 0 Å². The zero-order valence-electron chi connectivity index (χ0n) is 12.4. The molecule has 0 bridgehead atoms. The van der Waals surface area contributed by atoms with Crippen LogP contribution >= 0.6 is 12.4 Å². The number of carbonyl (C=O) groups is 1. The quantitative estimate of drug-likeness (QED) is 0.716. The lowest BCUT2D eigenvalue weighted by Crippen LogP contribution is -2.40. The summed E-state index contributed by atoms with van der Waals surface area (Å²) in [6, 6.07) is 5.51. The summed E-state index contributed by atoms with van der Waals surface area (Å²) in [6.45, 7) is 5.86. The van der Waals surface area contributed by atoms with Crippen molar-refractivity contribution in [3.8, 4) is 11.5 Å². The molecule has 3 N–H and O–H groups in total. The molecule has 0 aromatic heterocycles. The molecule has 0 saturated heterocycles. The van der Waals surface area contributed by atoms with Crippen LogP contribution in [0.4, 0.5) is 0 Å². The molecule has 0 aliphatic rings. The number of rotatable bonds is 8. The molecular weight excluding hydrogens is 292 g/mol. The van der Waals surface area contributed by atoms with Crippen molar-refractivity contribution in [3.63, 3.8) is 0 Å². The standard InChI is InChI=1S/C15H22N2O3.ClH/c1-4-5-12-6-7-13(14(8-12)19-3)20-10-15(18)17-11(2)9-16;/h4,6-8,11H,1,5,9-10,16H2,2-3H3,(H,17,18);1H/t11-;/m0./s1. The second kappa shape index (κ2) is 10.1. The number of nitrogens with one attached hydrogen (secondary N) is 1. The van der Waals surface area contributed by atoms with E-state index in [9.17, 15) is 4.79 Å². The van der Waals surface area contributed by atoms with Crippen LogP contribution in [-0.2, 0) is 11.2 Å². The van der Waals surface area contributed by atoms with Crippen LogP contribution in [0.1, 0.15) is 12.5 Å². The van der Waals surface area contributed by atoms with Gasteiger partial charge in [-0.25, -0.2) is 0 Å². The molecule has 1 rings (SSSR count). The molecule has 0 unspecified atom stereocenters. The Labute approximate surface area is 131 Å². The van der Waals surface area contributed by atoms with E-state index in [1.807, 2.05) is 25.1 Å². The first-order valence-corrected chi connectivity index (χ1v) is 6.50. The lowest BCUT2D eigenvalue weighted by atomic mass is 10.1. The summed E-state index contributed by atoms with van der Waals surface area (Å²) >= 11 is 0. The van der Waals surface area contributed by atoms with Gasteiger partial charge < -0.3 is 20.5 Å². The van der Waals surface area contributed by atoms with Crippen LogP contribution in [0.3, 0.4) is 0 Å². The largest absolute Gasteiger partial charge is 0.493 e. The average molecular weight is 315 g/mol. The molecule has 1 aromatic carbocycles. The Morgan fingerprint density at radius 2 is 2.19 bits per heavy atom. The molecule has 1 amide bonds. The highest BCUT2D eigenvalue weighted by Crippen LogP contribution is 2.28. The first-order valence-electron chi connectivity index (χ1n) is 6.50. The van der Waals surface area contributed by atoms with Crippen LogP contribution in [0, 0.1) is 0 Å². The summed E-state index contributed by atoms with van der Waals surface area (Å²) in [5.74, 6) is 0.931. The molecule has 6 heteroatoms. The van der Waals surface area contributed by atoms with Crippen molar-refractivity contribution in [2.24, 2.45) is 5.73 Å². The number of hydrogen-bond donors (Lipinski definition) is 2. The van der Waals surface area contributed by atoms with E-state index in [2.05, 4.69) is 11.9 Å². The van der Waals surface area contributed by atoms with Crippen LogP contribution in [0.2, 0.25) is 0 Å². The van der Waals surface area contributed by atoms with Gasteiger partial charge in [0, 0.05) is 12.6 Å². The van der Waals surface area contributed by atoms with Gasteiger partial charge in [-0.3, -0.25) is 4.79 Å². The van der Waals surface area contributed by atoms with Crippen molar-refractivity contribution < 1.29 is 14.3 Å². The molecule has 0 spiro atoms. The van der Waals surface area contributed by atoms with Gasteiger partial charge in [0.05, 0.1) is 7.11 Å². The summed E-state index contributed by atoms with van der Waals surface area (Å²) in [7, 11) is 1.57. The van der Waals surface area contributed by atoms with E-state index in [0.717, 1.165) is 12.0 Å². The summed E-state index contributed by atoms with van der Waals surface area (Å²) < 4.78 is 10.7. The zero-order chi connectivity index (χ0) is 15.0. The van der Waals surface area contributed by atoms with Crippen LogP contribution < -0.4 is 20.5 Å². The van der Waals surface area contributed by atoms with E-state index in [1.165, 1.54) is 0 Å². The number of halogens is 1. The van der Waals surface area contributed by atoms with Gasteiger partial charge in [0.15, 0.2) is 18.1 Å². The van der Waals surface area contributed by atoms with Crippen molar-refractivity contribution >= 4 is 18.3 Å². The highest BCUT2D eigenvalue weighted by atomic mass is 35.5. The van der Waals surface area contributed by atoms with Gasteiger partial charge in [0.1, 0.15) is 0 Å². The topological polar surface area (TPSA) is 73.6 Å². The monoisotopic (exact) mass is 314 g/mol. The molecule has 0 aliphatic heterocycles. The fraction of sp³-hybridized carbons (Fsp3) is 0.400. The predicted octanol–water partition coefficient (Wildman–Crippen LogP) is 1.69. The highest BCUT2D eigenvalue weighted by molar-refractivity contribution is 5.85. The third-order valence-electron chi connectivity index (χ3n) is 2.73. The van der Waals surface area contributed by atoms with Gasteiger partial charge in [-0.05, 0) is 31.0 Å². The van der Waals surface area contributed by atoms with Crippen LogP contribution in [-0.4, -0.2) is 32.2 Å². The Hall–Kier alpha value is -1.72. The summed E-state index contributed by atoms with van der Waals surface area (Å²) in [5.41, 5.74) is 6.51. The molecule has 0 saturated carbocycles. The number of nitrogens with two attached hydrogens (primary N) is 1. The van der Waals surface area contributed by atoms with E-state index < -0.39 is 0 Å². The van der Waals surface area contributed by atoms with Gasteiger partial charge >= 0.3 is 0 Å². The fourth-order valence-corrected chi connectivity index (χ4v) is 1.64. The number of hydrogen-bond acceptors (Lipinski definition) is 4. The molecule has 5 nitrogen and oxygen atoms in total. The molecule has 118 valence electrons. The summed E-state index contributed by atoms with van der Waals surface area (Å²) in [4.78, 5) is 11.6. The van der Waals surface area contributed by atoms with Crippen LogP contribution in [0.15, 0.2) is 30.9 Å². The Morgan fingerprint density at radius 3 is 2.76 bits per heavy atom.